The summed E-state index contributed by atoms with van der Waals surface area (Å²) >= 11 is 0. The number of ether oxygens (including phenoxy) is 1. The first-order chi connectivity index (χ1) is 14.3. The zero-order chi connectivity index (χ0) is 19.6. The molecular formula is C26H32N2O. The molecular weight excluding hydrogens is 356 g/mol. The minimum atomic E-state index is 0.549. The summed E-state index contributed by atoms with van der Waals surface area (Å²) in [4.78, 5) is 6.53. The number of benzene rings is 2. The SMILES string of the molecule is CC[C@H]1CN2CCc3c([nH]c4ccccc34)[C@@H]2C[C@@H]1CCOCc1ccccc1. The molecule has 29 heavy (non-hydrogen) atoms. The average Bonchev–Trinajstić information content (AvgIpc) is 3.16. The van der Waals surface area contributed by atoms with Gasteiger partial charge in [0.05, 0.1) is 12.6 Å². The molecule has 3 nitrogen and oxygen atoms in total. The smallest absolute Gasteiger partial charge is 0.0716 e. The average molecular weight is 389 g/mol. The van der Waals surface area contributed by atoms with Crippen LogP contribution < -0.4 is 0 Å². The van der Waals surface area contributed by atoms with Crippen LogP contribution in [-0.2, 0) is 17.8 Å². The normalized spacial score (nSPS) is 24.4. The fourth-order valence-corrected chi connectivity index (χ4v) is 5.60. The molecule has 0 saturated carbocycles. The molecule has 0 amide bonds. The van der Waals surface area contributed by atoms with Gasteiger partial charge in [0.2, 0.25) is 0 Å². The highest BCUT2D eigenvalue weighted by molar-refractivity contribution is 5.85. The maximum atomic E-state index is 6.05. The van der Waals surface area contributed by atoms with E-state index in [1.165, 1.54) is 60.9 Å². The summed E-state index contributed by atoms with van der Waals surface area (Å²) in [6.07, 6.45) is 4.88. The van der Waals surface area contributed by atoms with Crippen molar-refractivity contribution in [2.24, 2.45) is 11.8 Å². The Balaban J connectivity index is 1.28. The van der Waals surface area contributed by atoms with E-state index >= 15 is 0 Å². The van der Waals surface area contributed by atoms with Crippen LogP contribution in [0.4, 0.5) is 0 Å². The van der Waals surface area contributed by atoms with E-state index < -0.39 is 0 Å². The predicted molar refractivity (Wildman–Crippen MR) is 119 cm³/mol. The van der Waals surface area contributed by atoms with Crippen molar-refractivity contribution in [1.29, 1.82) is 0 Å². The highest BCUT2D eigenvalue weighted by atomic mass is 16.5. The number of piperidine rings is 1. The zero-order valence-electron chi connectivity index (χ0n) is 17.4. The van der Waals surface area contributed by atoms with Crippen LogP contribution in [0.3, 0.4) is 0 Å². The number of rotatable bonds is 6. The summed E-state index contributed by atoms with van der Waals surface area (Å²) < 4.78 is 6.05. The molecule has 3 atom stereocenters. The van der Waals surface area contributed by atoms with Crippen LogP contribution in [0.15, 0.2) is 54.6 Å². The van der Waals surface area contributed by atoms with E-state index in [1.54, 1.807) is 5.56 Å². The number of hydrogen-bond acceptors (Lipinski definition) is 2. The van der Waals surface area contributed by atoms with Crippen molar-refractivity contribution in [3.8, 4) is 0 Å². The van der Waals surface area contributed by atoms with Gasteiger partial charge in [-0.05, 0) is 48.3 Å². The van der Waals surface area contributed by atoms with Crippen molar-refractivity contribution >= 4 is 10.9 Å². The van der Waals surface area contributed by atoms with Gasteiger partial charge in [0.1, 0.15) is 0 Å². The number of H-pyrrole nitrogens is 1. The Labute approximate surface area is 174 Å². The van der Waals surface area contributed by atoms with Gasteiger partial charge in [-0.2, -0.15) is 0 Å². The number of nitrogens with one attached hydrogen (secondary N) is 1. The molecule has 0 radical (unpaired) electrons. The van der Waals surface area contributed by atoms with Crippen molar-refractivity contribution in [2.45, 2.75) is 45.3 Å². The number of fused-ring (bicyclic) bond motifs is 5. The second-order valence-corrected chi connectivity index (χ2v) is 8.81. The highest BCUT2D eigenvalue weighted by Gasteiger charge is 2.39. The first kappa shape index (κ1) is 18.9. The standard InChI is InChI=1S/C26H32N2O/c1-2-20-17-28-14-12-23-22-10-6-7-11-24(22)27-26(23)25(28)16-21(20)13-15-29-18-19-8-4-3-5-9-19/h3-11,20-21,25,27H,2,12-18H2,1H3/t20-,21-,25-/m0/s1. The Hall–Kier alpha value is -2.10. The summed E-state index contributed by atoms with van der Waals surface area (Å²) in [5, 5.41) is 1.43. The van der Waals surface area contributed by atoms with Crippen LogP contribution in [0.25, 0.3) is 10.9 Å². The first-order valence-corrected chi connectivity index (χ1v) is 11.3. The van der Waals surface area contributed by atoms with Crippen LogP contribution in [0, 0.1) is 11.8 Å². The summed E-state index contributed by atoms with van der Waals surface area (Å²) in [5.74, 6) is 1.53. The van der Waals surface area contributed by atoms with E-state index in [9.17, 15) is 0 Å². The number of aromatic amines is 1. The molecule has 2 aromatic carbocycles. The van der Waals surface area contributed by atoms with Gasteiger partial charge in [-0.15, -0.1) is 0 Å². The minimum absolute atomic E-state index is 0.549. The lowest BCUT2D eigenvalue weighted by Gasteiger charge is -2.46. The molecule has 3 aromatic rings. The lowest BCUT2D eigenvalue weighted by Crippen LogP contribution is -2.46. The topological polar surface area (TPSA) is 28.3 Å². The van der Waals surface area contributed by atoms with E-state index in [2.05, 4.69) is 71.4 Å². The largest absolute Gasteiger partial charge is 0.377 e. The molecule has 3 heterocycles. The van der Waals surface area contributed by atoms with Crippen molar-refractivity contribution in [2.75, 3.05) is 19.7 Å². The summed E-state index contributed by atoms with van der Waals surface area (Å²) in [6, 6.07) is 19.9. The van der Waals surface area contributed by atoms with Gasteiger partial charge < -0.3 is 9.72 Å². The van der Waals surface area contributed by atoms with Crippen LogP contribution in [0.1, 0.15) is 49.0 Å². The van der Waals surface area contributed by atoms with E-state index in [1.807, 2.05) is 0 Å². The number of hydrogen-bond donors (Lipinski definition) is 1. The Kier molecular flexibility index (Phi) is 5.43. The molecule has 3 heteroatoms. The third kappa shape index (κ3) is 3.74. The zero-order valence-corrected chi connectivity index (χ0v) is 17.4. The number of nitrogens with zero attached hydrogens (tertiary/aromatic N) is 1. The van der Waals surface area contributed by atoms with Gasteiger partial charge in [0, 0.05) is 36.3 Å². The van der Waals surface area contributed by atoms with Crippen molar-refractivity contribution in [3.63, 3.8) is 0 Å². The van der Waals surface area contributed by atoms with Crippen molar-refractivity contribution in [3.05, 3.63) is 71.4 Å². The van der Waals surface area contributed by atoms with Gasteiger partial charge in [0.15, 0.2) is 0 Å². The van der Waals surface area contributed by atoms with Gasteiger partial charge in [0.25, 0.3) is 0 Å². The number of aromatic nitrogens is 1. The molecule has 1 N–H and O–H groups in total. The minimum Gasteiger partial charge on any atom is -0.377 e. The highest BCUT2D eigenvalue weighted by Crippen LogP contribution is 2.44. The van der Waals surface area contributed by atoms with E-state index in [-0.39, 0.29) is 0 Å². The molecule has 1 aromatic heterocycles. The maximum Gasteiger partial charge on any atom is 0.0716 e. The molecule has 1 fully saturated rings. The van der Waals surface area contributed by atoms with E-state index in [0.717, 1.165) is 25.0 Å². The molecule has 0 unspecified atom stereocenters. The second-order valence-electron chi connectivity index (χ2n) is 8.81. The van der Waals surface area contributed by atoms with Gasteiger partial charge in [-0.25, -0.2) is 0 Å². The van der Waals surface area contributed by atoms with Crippen molar-refractivity contribution in [1.82, 2.24) is 9.88 Å². The predicted octanol–water partition coefficient (Wildman–Crippen LogP) is 5.72. The third-order valence-electron chi connectivity index (χ3n) is 7.20. The Morgan fingerprint density at radius 3 is 2.72 bits per heavy atom. The van der Waals surface area contributed by atoms with E-state index in [4.69, 9.17) is 4.74 Å². The Bertz CT molecular complexity index is 948. The van der Waals surface area contributed by atoms with Gasteiger partial charge >= 0.3 is 0 Å². The Morgan fingerprint density at radius 2 is 1.86 bits per heavy atom. The van der Waals surface area contributed by atoms with Crippen LogP contribution in [0.2, 0.25) is 0 Å². The Morgan fingerprint density at radius 1 is 1.03 bits per heavy atom. The molecule has 2 aliphatic heterocycles. The van der Waals surface area contributed by atoms with Crippen LogP contribution in [0.5, 0.6) is 0 Å². The van der Waals surface area contributed by atoms with Gasteiger partial charge in [-0.1, -0.05) is 61.9 Å². The fraction of sp³-hybridized carbons (Fsp3) is 0.462. The van der Waals surface area contributed by atoms with Crippen molar-refractivity contribution < 1.29 is 4.74 Å². The molecule has 0 spiro atoms. The lowest BCUT2D eigenvalue weighted by atomic mass is 9.76. The molecule has 152 valence electrons. The summed E-state index contributed by atoms with van der Waals surface area (Å²) in [5.41, 5.74) is 5.63. The number of para-hydroxylation sites is 1. The van der Waals surface area contributed by atoms with Gasteiger partial charge in [-0.3, -0.25) is 4.90 Å². The van der Waals surface area contributed by atoms with Crippen LogP contribution >= 0.6 is 0 Å². The first-order valence-electron chi connectivity index (χ1n) is 11.3. The van der Waals surface area contributed by atoms with E-state index in [0.29, 0.717) is 6.04 Å². The molecule has 5 rings (SSSR count). The lowest BCUT2D eigenvalue weighted by molar-refractivity contribution is 0.0264. The quantitative estimate of drug-likeness (QED) is 0.547. The molecule has 2 aliphatic rings. The summed E-state index contributed by atoms with van der Waals surface area (Å²) in [7, 11) is 0. The molecule has 0 bridgehead atoms. The molecule has 1 saturated heterocycles. The van der Waals surface area contributed by atoms with Crippen LogP contribution in [-0.4, -0.2) is 29.6 Å². The fourth-order valence-electron chi connectivity index (χ4n) is 5.60. The second kappa shape index (κ2) is 8.33. The monoisotopic (exact) mass is 388 g/mol. The third-order valence-corrected chi connectivity index (χ3v) is 7.20. The molecule has 0 aliphatic carbocycles. The summed E-state index contributed by atoms with van der Waals surface area (Å²) in [6.45, 7) is 6.39. The maximum absolute atomic E-state index is 6.05.